The van der Waals surface area contributed by atoms with Gasteiger partial charge in [0.2, 0.25) is 11.8 Å². The molecule has 1 rings (SSSR count). The molecule has 6 heteroatoms. The quantitative estimate of drug-likeness (QED) is 0.757. The maximum atomic E-state index is 11.7. The van der Waals surface area contributed by atoms with Gasteiger partial charge in [0.25, 0.3) is 0 Å². The summed E-state index contributed by atoms with van der Waals surface area (Å²) in [6, 6.07) is -0.564. The topological polar surface area (TPSA) is 75.4 Å². The van der Waals surface area contributed by atoms with E-state index in [2.05, 4.69) is 5.32 Å². The van der Waals surface area contributed by atoms with Crippen molar-refractivity contribution in [2.45, 2.75) is 38.8 Å². The molecule has 3 N–H and O–H groups in total. The van der Waals surface area contributed by atoms with Crippen molar-refractivity contribution in [2.75, 3.05) is 13.6 Å². The molecule has 1 saturated heterocycles. The van der Waals surface area contributed by atoms with Gasteiger partial charge in [0.1, 0.15) is 0 Å². The van der Waals surface area contributed by atoms with E-state index >= 15 is 0 Å². The lowest BCUT2D eigenvalue weighted by atomic mass is 9.99. The molecule has 0 radical (unpaired) electrons. The van der Waals surface area contributed by atoms with Gasteiger partial charge >= 0.3 is 0 Å². The van der Waals surface area contributed by atoms with Crippen molar-refractivity contribution in [1.82, 2.24) is 10.2 Å². The number of halogens is 1. The number of likely N-dealkylation sites (N-methyl/N-ethyl adjacent to an activating group) is 1. The lowest BCUT2D eigenvalue weighted by Gasteiger charge is -2.20. The van der Waals surface area contributed by atoms with Crippen LogP contribution in [0, 0.1) is 5.92 Å². The summed E-state index contributed by atoms with van der Waals surface area (Å²) in [7, 11) is 1.74. The largest absolute Gasteiger partial charge is 0.350 e. The Morgan fingerprint density at radius 1 is 1.65 bits per heavy atom. The highest BCUT2D eigenvalue weighted by Gasteiger charge is 2.30. The summed E-state index contributed by atoms with van der Waals surface area (Å²) in [4.78, 5) is 24.6. The first-order valence-corrected chi connectivity index (χ1v) is 5.75. The third kappa shape index (κ3) is 4.16. The van der Waals surface area contributed by atoms with Gasteiger partial charge in [-0.15, -0.1) is 12.4 Å². The number of carbonyl (C=O) groups excluding carboxylic acids is 2. The van der Waals surface area contributed by atoms with Crippen LogP contribution >= 0.6 is 12.4 Å². The molecule has 3 unspecified atom stereocenters. The Balaban J connectivity index is 0.00000256. The van der Waals surface area contributed by atoms with E-state index in [1.165, 1.54) is 0 Å². The van der Waals surface area contributed by atoms with E-state index in [0.717, 1.165) is 6.42 Å². The van der Waals surface area contributed by atoms with Gasteiger partial charge in [-0.3, -0.25) is 9.59 Å². The van der Waals surface area contributed by atoms with E-state index in [-0.39, 0.29) is 36.2 Å². The molecule has 1 heterocycles. The second kappa shape index (κ2) is 6.81. The van der Waals surface area contributed by atoms with Crippen LogP contribution in [0.15, 0.2) is 0 Å². The summed E-state index contributed by atoms with van der Waals surface area (Å²) in [6.07, 6.45) is 1.26. The first kappa shape index (κ1) is 16.2. The molecule has 0 saturated carbocycles. The molecule has 0 aromatic heterocycles. The summed E-state index contributed by atoms with van der Waals surface area (Å²) in [5.41, 5.74) is 5.81. The Labute approximate surface area is 109 Å². The Kier molecular flexibility index (Phi) is 6.49. The minimum absolute atomic E-state index is 0. The fourth-order valence-corrected chi connectivity index (χ4v) is 1.77. The average Bonchev–Trinajstić information content (AvgIpc) is 2.55. The summed E-state index contributed by atoms with van der Waals surface area (Å²) in [5.74, 6) is 0.0831. The van der Waals surface area contributed by atoms with Gasteiger partial charge in [0, 0.05) is 20.0 Å². The Morgan fingerprint density at radius 3 is 2.65 bits per heavy atom. The number of nitrogens with zero attached hydrogens (tertiary/aromatic N) is 1. The molecular weight excluding hydrogens is 242 g/mol. The van der Waals surface area contributed by atoms with Crippen molar-refractivity contribution in [1.29, 1.82) is 0 Å². The zero-order valence-corrected chi connectivity index (χ0v) is 11.4. The van der Waals surface area contributed by atoms with Crippen LogP contribution in [0.3, 0.4) is 0 Å². The van der Waals surface area contributed by atoms with Crippen molar-refractivity contribution in [3.63, 3.8) is 0 Å². The zero-order valence-electron chi connectivity index (χ0n) is 10.6. The second-order valence-electron chi connectivity index (χ2n) is 4.60. The minimum atomic E-state index is -0.481. The van der Waals surface area contributed by atoms with Gasteiger partial charge < -0.3 is 16.0 Å². The van der Waals surface area contributed by atoms with Gasteiger partial charge in [0.05, 0.1) is 12.1 Å². The van der Waals surface area contributed by atoms with Gasteiger partial charge in [0.15, 0.2) is 0 Å². The Bertz CT molecular complexity index is 286. The summed E-state index contributed by atoms with van der Waals surface area (Å²) < 4.78 is 0. The lowest BCUT2D eigenvalue weighted by Crippen LogP contribution is -2.48. The SMILES string of the molecule is CCC(C)C(N)C(=O)NC1CC(=O)N(C)C1.Cl. The zero-order chi connectivity index (χ0) is 12.3. The summed E-state index contributed by atoms with van der Waals surface area (Å²) in [5, 5.41) is 2.83. The van der Waals surface area contributed by atoms with Crippen LogP contribution in [-0.2, 0) is 9.59 Å². The summed E-state index contributed by atoms with van der Waals surface area (Å²) in [6.45, 7) is 4.54. The number of amides is 2. The van der Waals surface area contributed by atoms with E-state index in [1.807, 2.05) is 13.8 Å². The number of nitrogens with two attached hydrogens (primary N) is 1. The number of nitrogens with one attached hydrogen (secondary N) is 1. The monoisotopic (exact) mass is 263 g/mol. The maximum Gasteiger partial charge on any atom is 0.237 e. The van der Waals surface area contributed by atoms with Gasteiger partial charge in [-0.1, -0.05) is 20.3 Å². The van der Waals surface area contributed by atoms with Crippen molar-refractivity contribution in [3.05, 3.63) is 0 Å². The first-order valence-electron chi connectivity index (χ1n) is 5.75. The molecule has 0 aromatic rings. The number of likely N-dealkylation sites (tertiary alicyclic amines) is 1. The van der Waals surface area contributed by atoms with E-state index < -0.39 is 6.04 Å². The fourth-order valence-electron chi connectivity index (χ4n) is 1.77. The van der Waals surface area contributed by atoms with Crippen LogP contribution in [0.2, 0.25) is 0 Å². The molecule has 17 heavy (non-hydrogen) atoms. The van der Waals surface area contributed by atoms with Gasteiger partial charge in [-0.05, 0) is 5.92 Å². The highest BCUT2D eigenvalue weighted by Crippen LogP contribution is 2.10. The summed E-state index contributed by atoms with van der Waals surface area (Å²) >= 11 is 0. The maximum absolute atomic E-state index is 11.7. The molecule has 3 atom stereocenters. The second-order valence-corrected chi connectivity index (χ2v) is 4.60. The van der Waals surface area contributed by atoms with E-state index in [4.69, 9.17) is 5.73 Å². The normalized spacial score (nSPS) is 22.9. The van der Waals surface area contributed by atoms with Crippen LogP contribution in [0.4, 0.5) is 0 Å². The third-order valence-corrected chi connectivity index (χ3v) is 3.25. The van der Waals surface area contributed by atoms with Gasteiger partial charge in [-0.25, -0.2) is 0 Å². The molecular formula is C11H22ClN3O2. The van der Waals surface area contributed by atoms with Crippen molar-refractivity contribution < 1.29 is 9.59 Å². The number of carbonyl (C=O) groups is 2. The average molecular weight is 264 g/mol. The standard InChI is InChI=1S/C11H21N3O2.ClH/c1-4-7(2)10(12)11(16)13-8-5-9(15)14(3)6-8;/h7-8,10H,4-6,12H2,1-3H3,(H,13,16);1H. The van der Waals surface area contributed by atoms with Crippen molar-refractivity contribution in [3.8, 4) is 0 Å². The number of hydrogen-bond donors (Lipinski definition) is 2. The Hall–Kier alpha value is -0.810. The number of rotatable bonds is 4. The van der Waals surface area contributed by atoms with Crippen LogP contribution in [0.25, 0.3) is 0 Å². The van der Waals surface area contributed by atoms with Crippen LogP contribution in [0.5, 0.6) is 0 Å². The molecule has 2 amide bonds. The van der Waals surface area contributed by atoms with E-state index in [0.29, 0.717) is 13.0 Å². The molecule has 0 spiro atoms. The van der Waals surface area contributed by atoms with E-state index in [1.54, 1.807) is 11.9 Å². The minimum Gasteiger partial charge on any atom is -0.350 e. The predicted octanol–water partition coefficient (Wildman–Crippen LogP) is 0.128. The van der Waals surface area contributed by atoms with Gasteiger partial charge in [-0.2, -0.15) is 0 Å². The van der Waals surface area contributed by atoms with Crippen molar-refractivity contribution >= 4 is 24.2 Å². The lowest BCUT2D eigenvalue weighted by molar-refractivity contribution is -0.126. The number of hydrogen-bond acceptors (Lipinski definition) is 3. The van der Waals surface area contributed by atoms with Crippen molar-refractivity contribution in [2.24, 2.45) is 11.7 Å². The van der Waals surface area contributed by atoms with E-state index in [9.17, 15) is 9.59 Å². The molecule has 0 aliphatic carbocycles. The van der Waals surface area contributed by atoms with Crippen LogP contribution in [-0.4, -0.2) is 42.4 Å². The molecule has 1 aliphatic heterocycles. The Morgan fingerprint density at radius 2 is 2.24 bits per heavy atom. The predicted molar refractivity (Wildman–Crippen MR) is 68.9 cm³/mol. The molecule has 1 aliphatic rings. The highest BCUT2D eigenvalue weighted by molar-refractivity contribution is 5.85. The molecule has 5 nitrogen and oxygen atoms in total. The molecule has 1 fully saturated rings. The highest BCUT2D eigenvalue weighted by atomic mass is 35.5. The smallest absolute Gasteiger partial charge is 0.237 e. The first-order chi connectivity index (χ1) is 7.45. The van der Waals surface area contributed by atoms with Crippen LogP contribution < -0.4 is 11.1 Å². The fraction of sp³-hybridized carbons (Fsp3) is 0.818. The van der Waals surface area contributed by atoms with Crippen LogP contribution in [0.1, 0.15) is 26.7 Å². The third-order valence-electron chi connectivity index (χ3n) is 3.25. The molecule has 0 aromatic carbocycles. The molecule has 100 valence electrons. The molecule has 0 bridgehead atoms.